The van der Waals surface area contributed by atoms with Crippen molar-refractivity contribution in [1.82, 2.24) is 10.2 Å². The third kappa shape index (κ3) is 5.84. The Morgan fingerprint density at radius 3 is 2.74 bits per heavy atom. The van der Waals surface area contributed by atoms with Gasteiger partial charge in [0.05, 0.1) is 12.1 Å². The number of amides is 2. The molecule has 188 valence electrons. The summed E-state index contributed by atoms with van der Waals surface area (Å²) in [5.74, 6) is -0.102. The summed E-state index contributed by atoms with van der Waals surface area (Å²) in [6.07, 6.45) is 2.62. The van der Waals surface area contributed by atoms with Gasteiger partial charge in [0, 0.05) is 25.6 Å². The van der Waals surface area contributed by atoms with Gasteiger partial charge in [-0.05, 0) is 66.6 Å². The lowest BCUT2D eigenvalue weighted by Crippen LogP contribution is -2.43. The summed E-state index contributed by atoms with van der Waals surface area (Å²) in [5.41, 5.74) is 2.72. The van der Waals surface area contributed by atoms with Gasteiger partial charge in [-0.2, -0.15) is 0 Å². The van der Waals surface area contributed by atoms with Crippen molar-refractivity contribution >= 4 is 11.8 Å². The van der Waals surface area contributed by atoms with Gasteiger partial charge in [-0.15, -0.1) is 0 Å². The smallest absolute Gasteiger partial charge is 0.261 e. The predicted octanol–water partition coefficient (Wildman–Crippen LogP) is 4.41. The molecule has 0 aliphatic carbocycles. The second kappa shape index (κ2) is 11.2. The van der Waals surface area contributed by atoms with Crippen LogP contribution in [0.5, 0.6) is 5.75 Å². The number of rotatable bonds is 8. The number of ether oxygens (including phenoxy) is 2. The molecule has 35 heavy (non-hydrogen) atoms. The van der Waals surface area contributed by atoms with Crippen LogP contribution in [0.1, 0.15) is 62.8 Å². The summed E-state index contributed by atoms with van der Waals surface area (Å²) < 4.78 is 25.9. The fraction of sp³-hybridized carbons (Fsp3) is 0.500. The highest BCUT2D eigenvalue weighted by molar-refractivity contribution is 5.81. The highest BCUT2D eigenvalue weighted by Crippen LogP contribution is 2.38. The van der Waals surface area contributed by atoms with Gasteiger partial charge >= 0.3 is 0 Å². The number of nitrogens with zero attached hydrogens (tertiary/aromatic N) is 1. The first-order chi connectivity index (χ1) is 16.9. The van der Waals surface area contributed by atoms with Crippen LogP contribution in [0.15, 0.2) is 42.5 Å². The minimum Gasteiger partial charge on any atom is -0.481 e. The standard InChI is InChI=1S/C28H35FN2O4/c1-4-25(27(32)30-17-23-9-6-14-34-23)35-22-11-10-19-12-13-31(28(33)18(2)3)26(24(19)16-22)20-7-5-8-21(29)15-20/h5,7-8,10-11,15-16,18,23,25-26H,4,6,9,12-14,17H2,1-3H3,(H,30,32)/t23-,25-,26+/m0/s1. The molecule has 0 spiro atoms. The number of hydrogen-bond acceptors (Lipinski definition) is 4. The number of carbonyl (C=O) groups is 2. The van der Waals surface area contributed by atoms with E-state index in [9.17, 15) is 14.0 Å². The van der Waals surface area contributed by atoms with Crippen LogP contribution in [0.4, 0.5) is 4.39 Å². The van der Waals surface area contributed by atoms with E-state index in [0.29, 0.717) is 31.7 Å². The van der Waals surface area contributed by atoms with Gasteiger partial charge in [-0.25, -0.2) is 4.39 Å². The highest BCUT2D eigenvalue weighted by atomic mass is 19.1. The van der Waals surface area contributed by atoms with E-state index in [1.807, 2.05) is 49.9 Å². The van der Waals surface area contributed by atoms with Crippen LogP contribution >= 0.6 is 0 Å². The average molecular weight is 483 g/mol. The predicted molar refractivity (Wildman–Crippen MR) is 132 cm³/mol. The van der Waals surface area contributed by atoms with Crippen LogP contribution in [-0.4, -0.2) is 48.6 Å². The average Bonchev–Trinajstić information content (AvgIpc) is 3.38. The SMILES string of the molecule is CC[C@H](Oc1ccc2c(c1)[C@@H](c1cccc(F)c1)N(C(=O)C(C)C)CC2)C(=O)NC[C@@H]1CCCO1. The van der Waals surface area contributed by atoms with E-state index >= 15 is 0 Å². The minimum atomic E-state index is -0.640. The Bertz CT molecular complexity index is 1050. The highest BCUT2D eigenvalue weighted by Gasteiger charge is 2.34. The number of carbonyl (C=O) groups excluding carboxylic acids is 2. The number of halogens is 1. The van der Waals surface area contributed by atoms with Crippen molar-refractivity contribution in [2.75, 3.05) is 19.7 Å². The maximum Gasteiger partial charge on any atom is 0.261 e. The molecule has 0 bridgehead atoms. The Kier molecular flexibility index (Phi) is 8.06. The van der Waals surface area contributed by atoms with Crippen molar-refractivity contribution in [2.24, 2.45) is 5.92 Å². The second-order valence-electron chi connectivity index (χ2n) is 9.65. The molecule has 7 heteroatoms. The summed E-state index contributed by atoms with van der Waals surface area (Å²) in [6.45, 7) is 7.45. The van der Waals surface area contributed by atoms with E-state index in [-0.39, 0.29) is 29.7 Å². The molecule has 0 radical (unpaired) electrons. The fourth-order valence-corrected chi connectivity index (χ4v) is 4.89. The normalized spacial score (nSPS) is 20.4. The molecule has 1 N–H and O–H groups in total. The molecule has 0 aromatic heterocycles. The summed E-state index contributed by atoms with van der Waals surface area (Å²) in [4.78, 5) is 27.7. The monoisotopic (exact) mass is 482 g/mol. The number of hydrogen-bond donors (Lipinski definition) is 1. The first kappa shape index (κ1) is 25.2. The lowest BCUT2D eigenvalue weighted by molar-refractivity contribution is -0.136. The van der Waals surface area contributed by atoms with E-state index in [0.717, 1.165) is 36.1 Å². The van der Waals surface area contributed by atoms with Crippen molar-refractivity contribution in [3.8, 4) is 5.75 Å². The molecule has 1 saturated heterocycles. The van der Waals surface area contributed by atoms with Crippen molar-refractivity contribution in [2.45, 2.75) is 64.7 Å². The van der Waals surface area contributed by atoms with Crippen molar-refractivity contribution in [1.29, 1.82) is 0 Å². The van der Waals surface area contributed by atoms with Gasteiger partial charge in [0.2, 0.25) is 5.91 Å². The molecule has 2 aromatic carbocycles. The molecule has 6 nitrogen and oxygen atoms in total. The minimum absolute atomic E-state index is 0.0242. The third-order valence-corrected chi connectivity index (χ3v) is 6.76. The van der Waals surface area contributed by atoms with Gasteiger partial charge in [0.15, 0.2) is 6.10 Å². The fourth-order valence-electron chi connectivity index (χ4n) is 4.89. The first-order valence-electron chi connectivity index (χ1n) is 12.6. The Morgan fingerprint density at radius 1 is 1.23 bits per heavy atom. The van der Waals surface area contributed by atoms with E-state index in [1.165, 1.54) is 12.1 Å². The molecule has 3 atom stereocenters. The molecule has 0 unspecified atom stereocenters. The summed E-state index contributed by atoms with van der Waals surface area (Å²) >= 11 is 0. The molecule has 4 rings (SSSR count). The third-order valence-electron chi connectivity index (χ3n) is 6.76. The molecule has 2 heterocycles. The lowest BCUT2D eigenvalue weighted by atomic mass is 9.87. The first-order valence-corrected chi connectivity index (χ1v) is 12.6. The lowest BCUT2D eigenvalue weighted by Gasteiger charge is -2.39. The van der Waals surface area contributed by atoms with Gasteiger partial charge in [0.25, 0.3) is 5.91 Å². The molecule has 1 fully saturated rings. The number of nitrogens with one attached hydrogen (secondary N) is 1. The molecular formula is C28H35FN2O4. The van der Waals surface area contributed by atoms with Crippen LogP contribution < -0.4 is 10.1 Å². The molecule has 2 aliphatic rings. The van der Waals surface area contributed by atoms with Crippen molar-refractivity contribution in [3.05, 3.63) is 65.0 Å². The van der Waals surface area contributed by atoms with E-state index < -0.39 is 12.1 Å². The Hall–Kier alpha value is -2.93. The topological polar surface area (TPSA) is 67.9 Å². The second-order valence-corrected chi connectivity index (χ2v) is 9.65. The largest absolute Gasteiger partial charge is 0.481 e. The zero-order valence-corrected chi connectivity index (χ0v) is 20.8. The maximum atomic E-state index is 14.2. The van der Waals surface area contributed by atoms with E-state index in [2.05, 4.69) is 5.32 Å². The van der Waals surface area contributed by atoms with Gasteiger partial charge < -0.3 is 19.7 Å². The van der Waals surface area contributed by atoms with Crippen LogP contribution in [0.3, 0.4) is 0 Å². The van der Waals surface area contributed by atoms with Crippen LogP contribution in [-0.2, 0) is 20.7 Å². The van der Waals surface area contributed by atoms with Crippen molar-refractivity contribution in [3.63, 3.8) is 0 Å². The van der Waals surface area contributed by atoms with E-state index in [4.69, 9.17) is 9.47 Å². The van der Waals surface area contributed by atoms with Gasteiger partial charge in [0.1, 0.15) is 11.6 Å². The summed E-state index contributed by atoms with van der Waals surface area (Å²) in [5, 5.41) is 2.95. The Balaban J connectivity index is 1.59. The molecule has 2 aromatic rings. The molecule has 2 amide bonds. The van der Waals surface area contributed by atoms with Crippen LogP contribution in [0.2, 0.25) is 0 Å². The number of fused-ring (bicyclic) bond motifs is 1. The quantitative estimate of drug-likeness (QED) is 0.605. The van der Waals surface area contributed by atoms with Crippen molar-refractivity contribution < 1.29 is 23.5 Å². The molecular weight excluding hydrogens is 447 g/mol. The van der Waals surface area contributed by atoms with Gasteiger partial charge in [-0.1, -0.05) is 39.0 Å². The number of benzene rings is 2. The van der Waals surface area contributed by atoms with Gasteiger partial charge in [-0.3, -0.25) is 9.59 Å². The maximum absolute atomic E-state index is 14.2. The summed E-state index contributed by atoms with van der Waals surface area (Å²) in [6, 6.07) is 11.8. The zero-order valence-electron chi connectivity index (χ0n) is 20.8. The Labute approximate surface area is 206 Å². The Morgan fingerprint density at radius 2 is 2.06 bits per heavy atom. The molecule has 2 aliphatic heterocycles. The summed E-state index contributed by atoms with van der Waals surface area (Å²) in [7, 11) is 0. The van der Waals surface area contributed by atoms with E-state index in [1.54, 1.807) is 6.07 Å². The van der Waals surface area contributed by atoms with Crippen LogP contribution in [0, 0.1) is 11.7 Å². The zero-order chi connectivity index (χ0) is 24.9. The van der Waals surface area contributed by atoms with Crippen LogP contribution in [0.25, 0.3) is 0 Å². The molecule has 0 saturated carbocycles.